The van der Waals surface area contributed by atoms with Crippen LogP contribution in [0.3, 0.4) is 0 Å². The maximum atomic E-state index is 12.5. The molecule has 0 spiro atoms. The van der Waals surface area contributed by atoms with E-state index in [1.54, 1.807) is 24.3 Å². The zero-order valence-corrected chi connectivity index (χ0v) is 17.4. The van der Waals surface area contributed by atoms with Gasteiger partial charge in [-0.2, -0.15) is 5.26 Å². The van der Waals surface area contributed by atoms with E-state index in [4.69, 9.17) is 14.2 Å². The number of carbonyl (C=O) groups is 1. The number of anilines is 1. The first-order valence-corrected chi connectivity index (χ1v) is 9.01. The number of aliphatic imine (C=N–C) groups is 1. The second-order valence-corrected chi connectivity index (χ2v) is 6.44. The van der Waals surface area contributed by atoms with Crippen LogP contribution < -0.4 is 19.1 Å². The third-order valence-electron chi connectivity index (χ3n) is 4.34. The Hall–Kier alpha value is -3.53. The average Bonchev–Trinajstić information content (AvgIpc) is 2.75. The summed E-state index contributed by atoms with van der Waals surface area (Å²) < 4.78 is 16.0. The van der Waals surface area contributed by atoms with Crippen molar-refractivity contribution in [2.45, 2.75) is 12.8 Å². The Morgan fingerprint density at radius 2 is 1.62 bits per heavy atom. The molecule has 152 valence electrons. The quantitative estimate of drug-likeness (QED) is 0.604. The molecule has 0 saturated carbocycles. The Kier molecular flexibility index (Phi) is 7.61. The smallest absolute Gasteiger partial charge is 0.203 e. The summed E-state index contributed by atoms with van der Waals surface area (Å²) in [7, 11) is 8.48. The predicted octanol–water partition coefficient (Wildman–Crippen LogP) is 3.58. The largest absolute Gasteiger partial charge is 0.493 e. The number of benzene rings is 2. The van der Waals surface area contributed by atoms with Crippen molar-refractivity contribution < 1.29 is 19.0 Å². The van der Waals surface area contributed by atoms with Crippen molar-refractivity contribution in [2.24, 2.45) is 4.99 Å². The molecule has 0 fully saturated rings. The molecule has 0 aliphatic rings. The third kappa shape index (κ3) is 5.48. The first kappa shape index (κ1) is 21.8. The van der Waals surface area contributed by atoms with E-state index in [9.17, 15) is 10.1 Å². The number of ketones is 1. The number of aryl methyl sites for hydroxylation is 1. The molecule has 2 aromatic rings. The molecule has 0 heterocycles. The van der Waals surface area contributed by atoms with Crippen molar-refractivity contribution in [2.75, 3.05) is 40.3 Å². The van der Waals surface area contributed by atoms with Gasteiger partial charge in [0.05, 0.1) is 27.0 Å². The monoisotopic (exact) mass is 395 g/mol. The normalized spacial score (nSPS) is 10.8. The SMILES string of the molecule is COc1cc(CCC(=O)C(C#N)=Nc2ccc(N(C)C)cc2)cc(OC)c1OC. The summed E-state index contributed by atoms with van der Waals surface area (Å²) in [6.45, 7) is 0. The highest BCUT2D eigenvalue weighted by molar-refractivity contribution is 6.46. The van der Waals surface area contributed by atoms with Gasteiger partial charge in [-0.1, -0.05) is 0 Å². The molecule has 0 aromatic heterocycles. The number of ether oxygens (including phenoxy) is 3. The van der Waals surface area contributed by atoms with E-state index < -0.39 is 0 Å². The summed E-state index contributed by atoms with van der Waals surface area (Å²) in [6.07, 6.45) is 0.552. The minimum absolute atomic E-state index is 0.116. The Morgan fingerprint density at radius 1 is 1.03 bits per heavy atom. The number of nitriles is 1. The second-order valence-electron chi connectivity index (χ2n) is 6.44. The van der Waals surface area contributed by atoms with Gasteiger partial charge in [0, 0.05) is 26.2 Å². The van der Waals surface area contributed by atoms with E-state index in [1.807, 2.05) is 37.2 Å². The third-order valence-corrected chi connectivity index (χ3v) is 4.34. The summed E-state index contributed by atoms with van der Waals surface area (Å²) in [5.41, 5.74) is 2.29. The van der Waals surface area contributed by atoms with Crippen LogP contribution in [0.25, 0.3) is 0 Å². The minimum atomic E-state index is -0.321. The molecule has 2 aromatic carbocycles. The second kappa shape index (κ2) is 10.1. The highest BCUT2D eigenvalue weighted by Gasteiger charge is 2.16. The molecule has 0 radical (unpaired) electrons. The highest BCUT2D eigenvalue weighted by atomic mass is 16.5. The van der Waals surface area contributed by atoms with Crippen molar-refractivity contribution in [1.29, 1.82) is 5.26 Å². The van der Waals surface area contributed by atoms with Crippen LogP contribution >= 0.6 is 0 Å². The maximum absolute atomic E-state index is 12.5. The van der Waals surface area contributed by atoms with Crippen molar-refractivity contribution in [3.8, 4) is 23.3 Å². The van der Waals surface area contributed by atoms with E-state index >= 15 is 0 Å². The molecular weight excluding hydrogens is 370 g/mol. The average molecular weight is 395 g/mol. The summed E-state index contributed by atoms with van der Waals surface area (Å²) in [5.74, 6) is 1.21. The molecule has 7 nitrogen and oxygen atoms in total. The number of methoxy groups -OCH3 is 3. The van der Waals surface area contributed by atoms with E-state index in [0.717, 1.165) is 11.3 Å². The zero-order valence-electron chi connectivity index (χ0n) is 17.4. The number of carbonyl (C=O) groups excluding carboxylic acids is 1. The van der Waals surface area contributed by atoms with Crippen LogP contribution in [0.5, 0.6) is 17.2 Å². The van der Waals surface area contributed by atoms with Crippen molar-refractivity contribution in [3.05, 3.63) is 42.0 Å². The van der Waals surface area contributed by atoms with E-state index in [2.05, 4.69) is 4.99 Å². The predicted molar refractivity (Wildman–Crippen MR) is 113 cm³/mol. The van der Waals surface area contributed by atoms with Gasteiger partial charge in [-0.15, -0.1) is 0 Å². The Balaban J connectivity index is 2.15. The number of hydrogen-bond donors (Lipinski definition) is 0. The lowest BCUT2D eigenvalue weighted by atomic mass is 10.0. The fourth-order valence-electron chi connectivity index (χ4n) is 2.76. The molecule has 7 heteroatoms. The fourth-order valence-corrected chi connectivity index (χ4v) is 2.76. The lowest BCUT2D eigenvalue weighted by Gasteiger charge is -2.14. The molecule has 0 unspecified atom stereocenters. The van der Waals surface area contributed by atoms with Crippen molar-refractivity contribution in [1.82, 2.24) is 0 Å². The van der Waals surface area contributed by atoms with Crippen LogP contribution in [-0.4, -0.2) is 46.9 Å². The van der Waals surface area contributed by atoms with E-state index in [1.165, 1.54) is 21.3 Å². The van der Waals surface area contributed by atoms with Crippen LogP contribution in [0.2, 0.25) is 0 Å². The first-order valence-electron chi connectivity index (χ1n) is 9.01. The topological polar surface area (TPSA) is 84.2 Å². The van der Waals surface area contributed by atoms with Crippen LogP contribution in [0.1, 0.15) is 12.0 Å². The summed E-state index contributed by atoms with van der Waals surface area (Å²) >= 11 is 0. The number of nitrogens with zero attached hydrogens (tertiary/aromatic N) is 3. The lowest BCUT2D eigenvalue weighted by Crippen LogP contribution is -2.12. The number of rotatable bonds is 9. The molecule has 0 N–H and O–H groups in total. The van der Waals surface area contributed by atoms with Gasteiger partial charge in [-0.25, -0.2) is 4.99 Å². The van der Waals surface area contributed by atoms with E-state index in [0.29, 0.717) is 29.4 Å². The van der Waals surface area contributed by atoms with Gasteiger partial charge in [0.1, 0.15) is 6.07 Å². The molecule has 0 saturated heterocycles. The Morgan fingerprint density at radius 3 is 2.07 bits per heavy atom. The maximum Gasteiger partial charge on any atom is 0.203 e. The Labute approximate surface area is 171 Å². The standard InChI is InChI=1S/C22H25N3O4/c1-25(2)17-9-7-16(8-10-17)24-18(14-23)19(26)11-6-15-12-20(27-3)22(29-5)21(13-15)28-4/h7-10,12-13H,6,11H2,1-5H3. The van der Waals surface area contributed by atoms with Crippen molar-refractivity contribution in [3.63, 3.8) is 0 Å². The van der Waals surface area contributed by atoms with Gasteiger partial charge in [0.2, 0.25) is 5.75 Å². The lowest BCUT2D eigenvalue weighted by molar-refractivity contribution is -0.112. The molecular formula is C22H25N3O4. The van der Waals surface area contributed by atoms with Gasteiger partial charge in [0.15, 0.2) is 23.0 Å². The molecule has 0 amide bonds. The summed E-state index contributed by atoms with van der Waals surface area (Å²) in [4.78, 5) is 18.7. The van der Waals surface area contributed by atoms with E-state index in [-0.39, 0.29) is 17.9 Å². The van der Waals surface area contributed by atoms with Crippen molar-refractivity contribution >= 4 is 22.9 Å². The highest BCUT2D eigenvalue weighted by Crippen LogP contribution is 2.38. The number of hydrogen-bond acceptors (Lipinski definition) is 7. The summed E-state index contributed by atoms with van der Waals surface area (Å²) in [5, 5.41) is 9.36. The van der Waals surface area contributed by atoms with Crippen LogP contribution in [0.15, 0.2) is 41.4 Å². The molecule has 0 aliphatic heterocycles. The summed E-state index contributed by atoms with van der Waals surface area (Å²) in [6, 6.07) is 12.8. The van der Waals surface area contributed by atoms with Gasteiger partial charge >= 0.3 is 0 Å². The van der Waals surface area contributed by atoms with Gasteiger partial charge in [-0.3, -0.25) is 4.79 Å². The van der Waals surface area contributed by atoms with Gasteiger partial charge in [-0.05, 0) is 48.4 Å². The van der Waals surface area contributed by atoms with Gasteiger partial charge in [0.25, 0.3) is 0 Å². The fraction of sp³-hybridized carbons (Fsp3) is 0.318. The molecule has 0 bridgehead atoms. The molecule has 0 aliphatic carbocycles. The van der Waals surface area contributed by atoms with Crippen LogP contribution in [0.4, 0.5) is 11.4 Å². The first-order chi connectivity index (χ1) is 13.9. The number of Topliss-reactive ketones (excluding diaryl/α,β-unsaturated/α-hetero) is 1. The van der Waals surface area contributed by atoms with Crippen LogP contribution in [-0.2, 0) is 11.2 Å². The molecule has 2 rings (SSSR count). The zero-order chi connectivity index (χ0) is 21.4. The Bertz CT molecular complexity index is 903. The van der Waals surface area contributed by atoms with Crippen LogP contribution in [0, 0.1) is 11.3 Å². The van der Waals surface area contributed by atoms with Gasteiger partial charge < -0.3 is 19.1 Å². The molecule has 29 heavy (non-hydrogen) atoms. The molecule has 0 atom stereocenters. The minimum Gasteiger partial charge on any atom is -0.493 e.